The van der Waals surface area contributed by atoms with E-state index in [0.29, 0.717) is 5.16 Å². The topological polar surface area (TPSA) is 59.8 Å². The van der Waals surface area contributed by atoms with Gasteiger partial charge in [-0.15, -0.1) is 10.2 Å². The standard InChI is InChI=1S/C14H14Cl4N4OS/c1-14(2,3)22-6-19-21-13(22)24-5-9(23)20-12-10(17)7(15)4-8(16)11(12)18/h4,6H,5H2,1-3H3,(H,20,23). The second-order valence-electron chi connectivity index (χ2n) is 5.83. The molecule has 2 aromatic rings. The van der Waals surface area contributed by atoms with Crippen molar-refractivity contribution in [2.45, 2.75) is 31.5 Å². The summed E-state index contributed by atoms with van der Waals surface area (Å²) in [6.45, 7) is 6.07. The van der Waals surface area contributed by atoms with Gasteiger partial charge in [0, 0.05) is 5.54 Å². The van der Waals surface area contributed by atoms with E-state index in [1.54, 1.807) is 6.33 Å². The van der Waals surface area contributed by atoms with Crippen molar-refractivity contribution in [3.8, 4) is 0 Å². The van der Waals surface area contributed by atoms with Crippen molar-refractivity contribution in [2.24, 2.45) is 0 Å². The number of rotatable bonds is 4. The van der Waals surface area contributed by atoms with Gasteiger partial charge in [0.1, 0.15) is 6.33 Å². The van der Waals surface area contributed by atoms with Gasteiger partial charge in [0.05, 0.1) is 31.5 Å². The van der Waals surface area contributed by atoms with Gasteiger partial charge in [-0.1, -0.05) is 58.2 Å². The SMILES string of the molecule is CC(C)(C)n1cnnc1SCC(=O)Nc1c(Cl)c(Cl)cc(Cl)c1Cl. The Morgan fingerprint density at radius 3 is 2.33 bits per heavy atom. The van der Waals surface area contributed by atoms with Crippen LogP contribution in [0, 0.1) is 0 Å². The molecule has 0 radical (unpaired) electrons. The lowest BCUT2D eigenvalue weighted by Crippen LogP contribution is -2.22. The van der Waals surface area contributed by atoms with Crippen molar-refractivity contribution in [3.05, 3.63) is 32.5 Å². The Morgan fingerprint density at radius 2 is 1.79 bits per heavy atom. The highest BCUT2D eigenvalue weighted by Gasteiger charge is 2.20. The first-order chi connectivity index (χ1) is 11.1. The molecule has 24 heavy (non-hydrogen) atoms. The van der Waals surface area contributed by atoms with Gasteiger partial charge in [-0.2, -0.15) is 0 Å². The lowest BCUT2D eigenvalue weighted by Gasteiger charge is -2.21. The molecule has 0 spiro atoms. The molecule has 2 rings (SSSR count). The van der Waals surface area contributed by atoms with Gasteiger partial charge >= 0.3 is 0 Å². The van der Waals surface area contributed by atoms with E-state index in [1.165, 1.54) is 17.8 Å². The van der Waals surface area contributed by atoms with E-state index in [-0.39, 0.29) is 43.0 Å². The first kappa shape index (κ1) is 19.7. The summed E-state index contributed by atoms with van der Waals surface area (Å²) in [7, 11) is 0. The van der Waals surface area contributed by atoms with Gasteiger partial charge in [0.15, 0.2) is 5.16 Å². The number of amides is 1. The first-order valence-electron chi connectivity index (χ1n) is 6.77. The molecule has 0 saturated carbocycles. The normalized spacial score (nSPS) is 11.6. The summed E-state index contributed by atoms with van der Waals surface area (Å²) in [6.07, 6.45) is 1.63. The highest BCUT2D eigenvalue weighted by Crippen LogP contribution is 2.41. The predicted molar refractivity (Wildman–Crippen MR) is 101 cm³/mol. The molecule has 1 amide bonds. The molecule has 0 aliphatic heterocycles. The van der Waals surface area contributed by atoms with Gasteiger partial charge in [-0.3, -0.25) is 4.79 Å². The van der Waals surface area contributed by atoms with Crippen molar-refractivity contribution < 1.29 is 4.79 Å². The molecule has 130 valence electrons. The van der Waals surface area contributed by atoms with Crippen LogP contribution in [-0.2, 0) is 10.3 Å². The molecular weight excluding hydrogens is 414 g/mol. The quantitative estimate of drug-likeness (QED) is 0.525. The fraction of sp³-hybridized carbons (Fsp3) is 0.357. The number of nitrogens with one attached hydrogen (secondary N) is 1. The number of carbonyl (C=O) groups excluding carboxylic acids is 1. The van der Waals surface area contributed by atoms with Crippen LogP contribution in [0.15, 0.2) is 17.6 Å². The number of anilines is 1. The molecule has 0 fully saturated rings. The van der Waals surface area contributed by atoms with Crippen LogP contribution >= 0.6 is 58.2 Å². The maximum Gasteiger partial charge on any atom is 0.234 e. The summed E-state index contributed by atoms with van der Waals surface area (Å²) in [4.78, 5) is 12.2. The largest absolute Gasteiger partial charge is 0.323 e. The van der Waals surface area contributed by atoms with Gasteiger partial charge < -0.3 is 9.88 Å². The van der Waals surface area contributed by atoms with Crippen LogP contribution in [0.2, 0.25) is 20.1 Å². The average Bonchev–Trinajstić information content (AvgIpc) is 2.96. The van der Waals surface area contributed by atoms with Crippen LogP contribution < -0.4 is 5.32 Å². The summed E-state index contributed by atoms with van der Waals surface area (Å²) in [6, 6.07) is 1.42. The third-order valence-corrected chi connectivity index (χ3v) is 5.47. The molecule has 0 saturated heterocycles. The molecule has 0 bridgehead atoms. The molecule has 1 aromatic heterocycles. The molecule has 0 aliphatic carbocycles. The Kier molecular flexibility index (Phi) is 6.31. The van der Waals surface area contributed by atoms with Gasteiger partial charge in [0.25, 0.3) is 0 Å². The Labute approximate surface area is 164 Å². The Bertz CT molecular complexity index is 747. The van der Waals surface area contributed by atoms with Crippen LogP contribution in [0.4, 0.5) is 5.69 Å². The van der Waals surface area contributed by atoms with Crippen molar-refractivity contribution in [1.82, 2.24) is 14.8 Å². The number of aromatic nitrogens is 3. The van der Waals surface area contributed by atoms with Crippen LogP contribution in [0.5, 0.6) is 0 Å². The van der Waals surface area contributed by atoms with E-state index in [4.69, 9.17) is 46.4 Å². The third-order valence-electron chi connectivity index (χ3n) is 2.95. The number of nitrogens with zero attached hydrogens (tertiary/aromatic N) is 3. The van der Waals surface area contributed by atoms with Crippen molar-refractivity contribution in [3.63, 3.8) is 0 Å². The second kappa shape index (κ2) is 7.70. The maximum atomic E-state index is 12.2. The van der Waals surface area contributed by atoms with Crippen LogP contribution in [-0.4, -0.2) is 26.4 Å². The van der Waals surface area contributed by atoms with Gasteiger partial charge in [0.2, 0.25) is 5.91 Å². The van der Waals surface area contributed by atoms with Crippen molar-refractivity contribution >= 4 is 69.8 Å². The zero-order valence-corrected chi connectivity index (χ0v) is 16.9. The van der Waals surface area contributed by atoms with E-state index in [2.05, 4.69) is 15.5 Å². The van der Waals surface area contributed by atoms with Crippen molar-refractivity contribution in [2.75, 3.05) is 11.1 Å². The van der Waals surface area contributed by atoms with E-state index in [1.807, 2.05) is 25.3 Å². The summed E-state index contributed by atoms with van der Waals surface area (Å²) in [5.74, 6) is -0.212. The van der Waals surface area contributed by atoms with Crippen molar-refractivity contribution in [1.29, 1.82) is 0 Å². The molecule has 5 nitrogen and oxygen atoms in total. The maximum absolute atomic E-state index is 12.2. The van der Waals surface area contributed by atoms with E-state index in [9.17, 15) is 4.79 Å². The molecule has 1 heterocycles. The van der Waals surface area contributed by atoms with Gasteiger partial charge in [-0.05, 0) is 26.8 Å². The number of halogens is 4. The fourth-order valence-corrected chi connectivity index (χ4v) is 3.57. The van der Waals surface area contributed by atoms with E-state index >= 15 is 0 Å². The molecule has 0 unspecified atom stereocenters. The third kappa shape index (κ3) is 4.49. The smallest absolute Gasteiger partial charge is 0.234 e. The average molecular weight is 428 g/mol. The summed E-state index contributed by atoms with van der Waals surface area (Å²) >= 11 is 25.3. The predicted octanol–water partition coefficient (Wildman–Crippen LogP) is 5.38. The molecule has 0 atom stereocenters. The summed E-state index contributed by atoms with van der Waals surface area (Å²) in [5, 5.41) is 11.9. The fourth-order valence-electron chi connectivity index (χ4n) is 1.77. The molecule has 1 N–H and O–H groups in total. The Hall–Kier alpha value is -0.660. The molecule has 0 aliphatic rings. The highest BCUT2D eigenvalue weighted by molar-refractivity contribution is 7.99. The number of benzene rings is 1. The van der Waals surface area contributed by atoms with Gasteiger partial charge in [-0.25, -0.2) is 0 Å². The second-order valence-corrected chi connectivity index (χ2v) is 8.35. The minimum absolute atomic E-state index is 0.103. The van der Waals surface area contributed by atoms with Crippen LogP contribution in [0.3, 0.4) is 0 Å². The number of hydrogen-bond acceptors (Lipinski definition) is 4. The molecule has 10 heteroatoms. The summed E-state index contributed by atoms with van der Waals surface area (Å²) < 4.78 is 1.89. The zero-order chi connectivity index (χ0) is 18.1. The highest BCUT2D eigenvalue weighted by atomic mass is 35.5. The Morgan fingerprint density at radius 1 is 1.21 bits per heavy atom. The molecule has 1 aromatic carbocycles. The lowest BCUT2D eigenvalue weighted by molar-refractivity contribution is -0.113. The van der Waals surface area contributed by atoms with E-state index < -0.39 is 0 Å². The lowest BCUT2D eigenvalue weighted by atomic mass is 10.1. The Balaban J connectivity index is 2.10. The van der Waals surface area contributed by atoms with Crippen LogP contribution in [0.1, 0.15) is 20.8 Å². The number of hydrogen-bond donors (Lipinski definition) is 1. The molecular formula is C14H14Cl4N4OS. The summed E-state index contributed by atoms with van der Waals surface area (Å²) in [5.41, 5.74) is 0.00815. The zero-order valence-electron chi connectivity index (χ0n) is 13.0. The number of thioether (sulfide) groups is 1. The number of carbonyl (C=O) groups is 1. The minimum Gasteiger partial charge on any atom is -0.323 e. The van der Waals surface area contributed by atoms with E-state index in [0.717, 1.165) is 0 Å². The first-order valence-corrected chi connectivity index (χ1v) is 9.27. The van der Waals surface area contributed by atoms with Crippen LogP contribution in [0.25, 0.3) is 0 Å². The monoisotopic (exact) mass is 426 g/mol. The minimum atomic E-state index is -0.314.